The SMILES string of the molecule is Cc1ccc(S(=O)(=O)NC2CC2)cc1C(=O)Nc1cc(Cl)ccc1N1CCCC1. The Morgan fingerprint density at radius 3 is 2.52 bits per heavy atom. The van der Waals surface area contributed by atoms with Gasteiger partial charge in [0.15, 0.2) is 0 Å². The van der Waals surface area contributed by atoms with Crippen molar-refractivity contribution in [3.8, 4) is 0 Å². The third kappa shape index (κ3) is 4.57. The molecule has 0 atom stereocenters. The second-order valence-corrected chi connectivity index (χ2v) is 9.83. The summed E-state index contributed by atoms with van der Waals surface area (Å²) in [4.78, 5) is 15.4. The second kappa shape index (κ2) is 7.97. The molecule has 2 aromatic rings. The van der Waals surface area contributed by atoms with Crippen molar-refractivity contribution >= 4 is 38.9 Å². The minimum Gasteiger partial charge on any atom is -0.370 e. The maximum atomic E-state index is 13.0. The summed E-state index contributed by atoms with van der Waals surface area (Å²) in [7, 11) is -3.63. The molecule has 1 aliphatic heterocycles. The fourth-order valence-corrected chi connectivity index (χ4v) is 5.04. The van der Waals surface area contributed by atoms with Crippen LogP contribution in [0.4, 0.5) is 11.4 Å². The van der Waals surface area contributed by atoms with Crippen LogP contribution in [0.3, 0.4) is 0 Å². The minimum absolute atomic E-state index is 0.00746. The van der Waals surface area contributed by atoms with Gasteiger partial charge in [-0.25, -0.2) is 13.1 Å². The van der Waals surface area contributed by atoms with E-state index in [4.69, 9.17) is 11.6 Å². The zero-order chi connectivity index (χ0) is 20.6. The predicted octanol–water partition coefficient (Wildman–Crippen LogP) is 3.94. The number of rotatable bonds is 6. The monoisotopic (exact) mass is 433 g/mol. The maximum absolute atomic E-state index is 13.0. The first kappa shape index (κ1) is 20.2. The average Bonchev–Trinajstić information content (AvgIpc) is 3.29. The van der Waals surface area contributed by atoms with E-state index in [1.165, 1.54) is 12.1 Å². The summed E-state index contributed by atoms with van der Waals surface area (Å²) in [5, 5.41) is 3.47. The van der Waals surface area contributed by atoms with Gasteiger partial charge in [0.25, 0.3) is 5.91 Å². The van der Waals surface area contributed by atoms with Crippen LogP contribution in [-0.4, -0.2) is 33.5 Å². The fraction of sp³-hybridized carbons (Fsp3) is 0.381. The van der Waals surface area contributed by atoms with Crippen molar-refractivity contribution in [2.75, 3.05) is 23.3 Å². The molecule has 2 fully saturated rings. The average molecular weight is 434 g/mol. The summed E-state index contributed by atoms with van der Waals surface area (Å²) in [5.41, 5.74) is 2.60. The Kier molecular flexibility index (Phi) is 5.55. The lowest BCUT2D eigenvalue weighted by Crippen LogP contribution is -2.26. The number of sulfonamides is 1. The van der Waals surface area contributed by atoms with Crippen LogP contribution in [0.15, 0.2) is 41.3 Å². The van der Waals surface area contributed by atoms with E-state index < -0.39 is 10.0 Å². The third-order valence-electron chi connectivity index (χ3n) is 5.32. The van der Waals surface area contributed by atoms with Crippen molar-refractivity contribution in [3.63, 3.8) is 0 Å². The van der Waals surface area contributed by atoms with E-state index in [-0.39, 0.29) is 16.8 Å². The van der Waals surface area contributed by atoms with Gasteiger partial charge in [0.2, 0.25) is 10.0 Å². The van der Waals surface area contributed by atoms with Crippen molar-refractivity contribution in [2.45, 2.75) is 43.5 Å². The largest absolute Gasteiger partial charge is 0.370 e. The lowest BCUT2D eigenvalue weighted by Gasteiger charge is -2.22. The second-order valence-electron chi connectivity index (χ2n) is 7.68. The Morgan fingerprint density at radius 2 is 1.83 bits per heavy atom. The lowest BCUT2D eigenvalue weighted by molar-refractivity contribution is 0.102. The Morgan fingerprint density at radius 1 is 1.10 bits per heavy atom. The third-order valence-corrected chi connectivity index (χ3v) is 7.07. The number of hydrogen-bond donors (Lipinski definition) is 2. The standard InChI is InChI=1S/C21H24ClN3O3S/c1-14-4-8-17(29(27,28)24-16-6-7-16)13-18(14)21(26)23-19-12-15(22)5-9-20(19)25-10-2-3-11-25/h4-5,8-9,12-13,16,24H,2-3,6-7,10-11H2,1H3,(H,23,26). The molecule has 1 saturated carbocycles. The number of carbonyl (C=O) groups excluding carboxylic acids is 1. The van der Waals surface area contributed by atoms with Crippen molar-refractivity contribution in [3.05, 3.63) is 52.5 Å². The molecule has 1 aliphatic carbocycles. The van der Waals surface area contributed by atoms with Gasteiger partial charge in [0.1, 0.15) is 0 Å². The van der Waals surface area contributed by atoms with Gasteiger partial charge >= 0.3 is 0 Å². The van der Waals surface area contributed by atoms with E-state index in [0.717, 1.165) is 44.5 Å². The molecule has 1 saturated heterocycles. The molecule has 2 aliphatic rings. The highest BCUT2D eigenvalue weighted by atomic mass is 35.5. The summed E-state index contributed by atoms with van der Waals surface area (Å²) >= 11 is 6.17. The molecule has 0 spiro atoms. The molecule has 0 radical (unpaired) electrons. The Balaban J connectivity index is 1.62. The maximum Gasteiger partial charge on any atom is 0.256 e. The number of hydrogen-bond acceptors (Lipinski definition) is 4. The molecule has 8 heteroatoms. The van der Waals surface area contributed by atoms with Crippen LogP contribution in [0.2, 0.25) is 5.02 Å². The molecule has 4 rings (SSSR count). The van der Waals surface area contributed by atoms with Crippen LogP contribution < -0.4 is 14.9 Å². The molecule has 29 heavy (non-hydrogen) atoms. The van der Waals surface area contributed by atoms with Gasteiger partial charge in [-0.05, 0) is 68.5 Å². The highest BCUT2D eigenvalue weighted by Crippen LogP contribution is 2.32. The molecule has 2 N–H and O–H groups in total. The number of anilines is 2. The lowest BCUT2D eigenvalue weighted by atomic mass is 10.1. The van der Waals surface area contributed by atoms with E-state index in [2.05, 4.69) is 14.9 Å². The van der Waals surface area contributed by atoms with E-state index in [1.807, 2.05) is 12.1 Å². The molecular formula is C21H24ClN3O3S. The highest BCUT2D eigenvalue weighted by molar-refractivity contribution is 7.89. The zero-order valence-corrected chi connectivity index (χ0v) is 17.8. The molecule has 0 aromatic heterocycles. The molecule has 0 bridgehead atoms. The van der Waals surface area contributed by atoms with Gasteiger partial charge in [0.05, 0.1) is 16.3 Å². The van der Waals surface area contributed by atoms with Crippen molar-refractivity contribution in [1.82, 2.24) is 4.72 Å². The fourth-order valence-electron chi connectivity index (χ4n) is 3.53. The number of halogens is 1. The number of nitrogens with one attached hydrogen (secondary N) is 2. The first-order valence-corrected chi connectivity index (χ1v) is 11.7. The first-order valence-electron chi connectivity index (χ1n) is 9.82. The van der Waals surface area contributed by atoms with Crippen molar-refractivity contribution < 1.29 is 13.2 Å². The van der Waals surface area contributed by atoms with Crippen LogP contribution in [0.5, 0.6) is 0 Å². The van der Waals surface area contributed by atoms with E-state index >= 15 is 0 Å². The number of nitrogens with zero attached hydrogens (tertiary/aromatic N) is 1. The van der Waals surface area contributed by atoms with E-state index in [9.17, 15) is 13.2 Å². The number of benzene rings is 2. The quantitative estimate of drug-likeness (QED) is 0.723. The Hall–Kier alpha value is -2.09. The Labute approximate surface area is 176 Å². The number of amides is 1. The van der Waals surface area contributed by atoms with Gasteiger partial charge < -0.3 is 10.2 Å². The van der Waals surface area contributed by atoms with Gasteiger partial charge in [-0.1, -0.05) is 17.7 Å². The van der Waals surface area contributed by atoms with Crippen molar-refractivity contribution in [1.29, 1.82) is 0 Å². The van der Waals surface area contributed by atoms with Crippen LogP contribution in [0.1, 0.15) is 41.6 Å². The van der Waals surface area contributed by atoms with E-state index in [1.54, 1.807) is 19.1 Å². The summed E-state index contributed by atoms with van der Waals surface area (Å²) in [6, 6.07) is 10.1. The van der Waals surface area contributed by atoms with Crippen LogP contribution in [-0.2, 0) is 10.0 Å². The minimum atomic E-state index is -3.63. The normalized spacial score (nSPS) is 16.8. The Bertz CT molecular complexity index is 1050. The zero-order valence-electron chi connectivity index (χ0n) is 16.2. The van der Waals surface area contributed by atoms with Gasteiger partial charge in [-0.2, -0.15) is 0 Å². The van der Waals surface area contributed by atoms with Gasteiger partial charge in [-0.3, -0.25) is 4.79 Å². The summed E-state index contributed by atoms with van der Waals surface area (Å²) in [6.45, 7) is 3.66. The molecule has 2 aromatic carbocycles. The molecular weight excluding hydrogens is 410 g/mol. The summed E-state index contributed by atoms with van der Waals surface area (Å²) in [5.74, 6) is -0.353. The van der Waals surface area contributed by atoms with Crippen molar-refractivity contribution in [2.24, 2.45) is 0 Å². The molecule has 154 valence electrons. The van der Waals surface area contributed by atoms with E-state index in [0.29, 0.717) is 21.8 Å². The van der Waals surface area contributed by atoms with Gasteiger partial charge in [-0.15, -0.1) is 0 Å². The molecule has 0 unspecified atom stereocenters. The number of carbonyl (C=O) groups is 1. The topological polar surface area (TPSA) is 78.5 Å². The predicted molar refractivity (Wildman–Crippen MR) is 115 cm³/mol. The van der Waals surface area contributed by atoms with Crippen LogP contribution in [0.25, 0.3) is 0 Å². The highest BCUT2D eigenvalue weighted by Gasteiger charge is 2.28. The molecule has 1 amide bonds. The van der Waals surface area contributed by atoms with Gasteiger partial charge in [0, 0.05) is 29.7 Å². The molecule has 6 nitrogen and oxygen atoms in total. The van der Waals surface area contributed by atoms with Crippen LogP contribution >= 0.6 is 11.6 Å². The summed E-state index contributed by atoms with van der Waals surface area (Å²) < 4.78 is 27.7. The molecule has 1 heterocycles. The first-order chi connectivity index (χ1) is 13.8. The smallest absolute Gasteiger partial charge is 0.256 e. The number of aryl methyl sites for hydroxylation is 1. The summed E-state index contributed by atoms with van der Waals surface area (Å²) in [6.07, 6.45) is 3.94. The van der Waals surface area contributed by atoms with Crippen LogP contribution in [0, 0.1) is 6.92 Å².